The predicted octanol–water partition coefficient (Wildman–Crippen LogP) is 1.40. The van der Waals surface area contributed by atoms with Gasteiger partial charge in [-0.05, 0) is 26.7 Å². The lowest BCUT2D eigenvalue weighted by atomic mass is 9.99. The van der Waals surface area contributed by atoms with Crippen LogP contribution in [0.25, 0.3) is 0 Å². The summed E-state index contributed by atoms with van der Waals surface area (Å²) in [4.78, 5) is 2.46. The highest BCUT2D eigenvalue weighted by Crippen LogP contribution is 2.21. The highest BCUT2D eigenvalue weighted by molar-refractivity contribution is 5.05. The lowest BCUT2D eigenvalue weighted by Gasteiger charge is -2.38. The van der Waals surface area contributed by atoms with Gasteiger partial charge in [0.2, 0.25) is 0 Å². The van der Waals surface area contributed by atoms with Crippen molar-refractivity contribution in [3.05, 3.63) is 18.0 Å². The zero-order chi connectivity index (χ0) is 13.8. The van der Waals surface area contributed by atoms with Gasteiger partial charge in [0.25, 0.3) is 0 Å². The smallest absolute Gasteiger partial charge is 0.0599 e. The van der Waals surface area contributed by atoms with Crippen molar-refractivity contribution in [2.24, 2.45) is 5.73 Å². The zero-order valence-corrected chi connectivity index (χ0v) is 12.2. The summed E-state index contributed by atoms with van der Waals surface area (Å²) in [5.41, 5.74) is 7.17. The van der Waals surface area contributed by atoms with Gasteiger partial charge in [-0.2, -0.15) is 5.10 Å². The van der Waals surface area contributed by atoms with Crippen molar-refractivity contribution in [2.75, 3.05) is 20.2 Å². The Morgan fingerprint density at radius 1 is 1.53 bits per heavy atom. The molecule has 1 saturated heterocycles. The summed E-state index contributed by atoms with van der Waals surface area (Å²) in [5.74, 6) is 0. The maximum Gasteiger partial charge on any atom is 0.0599 e. The lowest BCUT2D eigenvalue weighted by molar-refractivity contribution is 0.0102. The Labute approximate surface area is 115 Å². The highest BCUT2D eigenvalue weighted by Gasteiger charge is 2.27. The van der Waals surface area contributed by atoms with E-state index in [4.69, 9.17) is 10.5 Å². The number of nitrogens with zero attached hydrogens (tertiary/aromatic N) is 3. The molecule has 5 heteroatoms. The maximum absolute atomic E-state index is 5.90. The third-order valence-corrected chi connectivity index (χ3v) is 3.96. The second kappa shape index (κ2) is 6.50. The number of methoxy groups -OCH3 is 1. The van der Waals surface area contributed by atoms with E-state index in [1.807, 2.05) is 10.9 Å². The van der Waals surface area contributed by atoms with Gasteiger partial charge in [-0.3, -0.25) is 9.58 Å². The van der Waals surface area contributed by atoms with Crippen molar-refractivity contribution in [1.82, 2.24) is 14.7 Å². The molecule has 108 valence electrons. The van der Waals surface area contributed by atoms with Gasteiger partial charge in [-0.15, -0.1) is 0 Å². The molecule has 0 aliphatic carbocycles. The Morgan fingerprint density at radius 3 is 2.89 bits per heavy atom. The fourth-order valence-corrected chi connectivity index (χ4v) is 2.71. The van der Waals surface area contributed by atoms with E-state index in [0.717, 1.165) is 25.9 Å². The molecule has 2 N–H and O–H groups in total. The summed E-state index contributed by atoms with van der Waals surface area (Å²) in [6, 6.07) is 0.833. The van der Waals surface area contributed by atoms with Gasteiger partial charge >= 0.3 is 0 Å². The monoisotopic (exact) mass is 266 g/mol. The Kier molecular flexibility index (Phi) is 4.96. The SMILES string of the molecule is COC1CCN(Cc2cnn(C(C)C)c2)C(CN)C1. The first-order valence-electron chi connectivity index (χ1n) is 7.14. The van der Waals surface area contributed by atoms with Gasteiger partial charge < -0.3 is 10.5 Å². The topological polar surface area (TPSA) is 56.3 Å². The fraction of sp³-hybridized carbons (Fsp3) is 0.786. The van der Waals surface area contributed by atoms with Crippen LogP contribution in [-0.2, 0) is 11.3 Å². The molecule has 1 aliphatic rings. The minimum atomic E-state index is 0.364. The quantitative estimate of drug-likeness (QED) is 0.875. The summed E-state index contributed by atoms with van der Waals surface area (Å²) >= 11 is 0. The molecule has 0 bridgehead atoms. The van der Waals surface area contributed by atoms with E-state index in [1.54, 1.807) is 7.11 Å². The van der Waals surface area contributed by atoms with Crippen LogP contribution in [-0.4, -0.2) is 47.0 Å². The van der Waals surface area contributed by atoms with Crippen LogP contribution >= 0.6 is 0 Å². The number of ether oxygens (including phenoxy) is 1. The van der Waals surface area contributed by atoms with Gasteiger partial charge in [0.05, 0.1) is 12.3 Å². The molecule has 0 aromatic carbocycles. The molecular weight excluding hydrogens is 240 g/mol. The zero-order valence-electron chi connectivity index (χ0n) is 12.2. The van der Waals surface area contributed by atoms with E-state index < -0.39 is 0 Å². The number of rotatable bonds is 5. The average molecular weight is 266 g/mol. The second-order valence-electron chi connectivity index (χ2n) is 5.66. The number of piperidine rings is 1. The van der Waals surface area contributed by atoms with Crippen molar-refractivity contribution >= 4 is 0 Å². The summed E-state index contributed by atoms with van der Waals surface area (Å²) in [5, 5.41) is 4.40. The Morgan fingerprint density at radius 2 is 2.32 bits per heavy atom. The molecule has 0 saturated carbocycles. The predicted molar refractivity (Wildman–Crippen MR) is 75.9 cm³/mol. The van der Waals surface area contributed by atoms with Crippen molar-refractivity contribution in [2.45, 2.75) is 51.4 Å². The molecule has 1 aliphatic heterocycles. The molecule has 1 aromatic heterocycles. The second-order valence-corrected chi connectivity index (χ2v) is 5.66. The minimum absolute atomic E-state index is 0.364. The average Bonchev–Trinajstić information content (AvgIpc) is 2.88. The maximum atomic E-state index is 5.90. The molecule has 1 fully saturated rings. The van der Waals surface area contributed by atoms with E-state index in [1.165, 1.54) is 5.56 Å². The highest BCUT2D eigenvalue weighted by atomic mass is 16.5. The Hall–Kier alpha value is -0.910. The van der Waals surface area contributed by atoms with Gasteiger partial charge in [-0.1, -0.05) is 0 Å². The van der Waals surface area contributed by atoms with E-state index in [-0.39, 0.29) is 0 Å². The lowest BCUT2D eigenvalue weighted by Crippen LogP contribution is -2.47. The first kappa shape index (κ1) is 14.5. The molecule has 0 spiro atoms. The first-order valence-corrected chi connectivity index (χ1v) is 7.14. The molecule has 0 amide bonds. The van der Waals surface area contributed by atoms with Crippen molar-refractivity contribution in [3.8, 4) is 0 Å². The van der Waals surface area contributed by atoms with Crippen LogP contribution < -0.4 is 5.73 Å². The summed E-state index contributed by atoms with van der Waals surface area (Å²) in [7, 11) is 1.79. The van der Waals surface area contributed by atoms with E-state index in [2.05, 4.69) is 30.0 Å². The van der Waals surface area contributed by atoms with Crippen LogP contribution in [0.5, 0.6) is 0 Å². The number of hydrogen-bond donors (Lipinski definition) is 1. The van der Waals surface area contributed by atoms with Crippen LogP contribution in [0.15, 0.2) is 12.4 Å². The van der Waals surface area contributed by atoms with E-state index >= 15 is 0 Å². The van der Waals surface area contributed by atoms with Crippen molar-refractivity contribution in [1.29, 1.82) is 0 Å². The molecule has 2 unspecified atom stereocenters. The third kappa shape index (κ3) is 3.55. The van der Waals surface area contributed by atoms with Crippen LogP contribution in [0.4, 0.5) is 0 Å². The molecule has 0 radical (unpaired) electrons. The van der Waals surface area contributed by atoms with Crippen molar-refractivity contribution < 1.29 is 4.74 Å². The number of aromatic nitrogens is 2. The van der Waals surface area contributed by atoms with Crippen LogP contribution in [0.1, 0.15) is 38.3 Å². The normalized spacial score (nSPS) is 25.1. The van der Waals surface area contributed by atoms with Gasteiger partial charge in [0.1, 0.15) is 0 Å². The summed E-state index contributed by atoms with van der Waals surface area (Å²) in [6.07, 6.45) is 6.59. The van der Waals surface area contributed by atoms with Gasteiger partial charge in [-0.25, -0.2) is 0 Å². The molecule has 1 aromatic rings. The Bertz CT molecular complexity index is 391. The Balaban J connectivity index is 1.97. The first-order chi connectivity index (χ1) is 9.13. The molecular formula is C14H26N4O. The van der Waals surface area contributed by atoms with E-state index in [9.17, 15) is 0 Å². The fourth-order valence-electron chi connectivity index (χ4n) is 2.71. The van der Waals surface area contributed by atoms with Crippen molar-refractivity contribution in [3.63, 3.8) is 0 Å². The number of likely N-dealkylation sites (tertiary alicyclic amines) is 1. The minimum Gasteiger partial charge on any atom is -0.381 e. The summed E-state index contributed by atoms with van der Waals surface area (Å²) in [6.45, 7) is 6.96. The van der Waals surface area contributed by atoms with Gasteiger partial charge in [0, 0.05) is 50.6 Å². The molecule has 5 nitrogen and oxygen atoms in total. The largest absolute Gasteiger partial charge is 0.381 e. The van der Waals surface area contributed by atoms with E-state index in [0.29, 0.717) is 24.7 Å². The summed E-state index contributed by atoms with van der Waals surface area (Å²) < 4.78 is 7.47. The van der Waals surface area contributed by atoms with Crippen LogP contribution in [0.3, 0.4) is 0 Å². The molecule has 2 atom stereocenters. The number of hydrogen-bond acceptors (Lipinski definition) is 4. The standard InChI is InChI=1S/C14H26N4O/c1-11(2)18-10-12(8-16-18)9-17-5-4-14(19-3)6-13(17)7-15/h8,10-11,13-14H,4-7,9,15H2,1-3H3. The van der Waals surface area contributed by atoms with Gasteiger partial charge in [0.15, 0.2) is 0 Å². The third-order valence-electron chi connectivity index (χ3n) is 3.96. The molecule has 19 heavy (non-hydrogen) atoms. The number of nitrogens with two attached hydrogens (primary N) is 1. The molecule has 2 heterocycles. The molecule has 2 rings (SSSR count). The van der Waals surface area contributed by atoms with Crippen LogP contribution in [0.2, 0.25) is 0 Å². The van der Waals surface area contributed by atoms with Crippen LogP contribution in [0, 0.1) is 0 Å².